The van der Waals surface area contributed by atoms with Crippen LogP contribution in [0.1, 0.15) is 322 Å². The summed E-state index contributed by atoms with van der Waals surface area (Å²) < 4.78 is 5.49. The van der Waals surface area contributed by atoms with E-state index in [-0.39, 0.29) is 18.5 Å². The second-order valence-electron chi connectivity index (χ2n) is 20.7. The van der Waals surface area contributed by atoms with Crippen molar-refractivity contribution in [1.82, 2.24) is 5.32 Å². The normalized spacial score (nSPS) is 12.8. The molecule has 0 aromatic heterocycles. The predicted octanol–water partition coefficient (Wildman–Crippen LogP) is 18.8. The molecular formula is C62H117NO5. The van der Waals surface area contributed by atoms with Gasteiger partial charge in [0.25, 0.3) is 0 Å². The summed E-state index contributed by atoms with van der Waals surface area (Å²) in [5.41, 5.74) is 0. The summed E-state index contributed by atoms with van der Waals surface area (Å²) in [4.78, 5) is 24.5. The number of ether oxygens (including phenoxy) is 1. The summed E-state index contributed by atoms with van der Waals surface area (Å²) in [7, 11) is 0. The zero-order chi connectivity index (χ0) is 49.3. The van der Waals surface area contributed by atoms with Crippen LogP contribution in [0.3, 0.4) is 0 Å². The maximum Gasteiger partial charge on any atom is 0.305 e. The molecule has 0 saturated carbocycles. The van der Waals surface area contributed by atoms with Crippen LogP contribution in [0.25, 0.3) is 0 Å². The van der Waals surface area contributed by atoms with Gasteiger partial charge in [0.05, 0.1) is 25.4 Å². The van der Waals surface area contributed by atoms with Gasteiger partial charge in [0.15, 0.2) is 0 Å². The highest BCUT2D eigenvalue weighted by molar-refractivity contribution is 5.76. The Labute approximate surface area is 424 Å². The number of unbranched alkanes of at least 4 members (excludes halogenated alkanes) is 41. The molecule has 6 heteroatoms. The molecule has 0 fully saturated rings. The number of esters is 1. The summed E-state index contributed by atoms with van der Waals surface area (Å²) in [6.07, 6.45) is 71.7. The standard InChI is InChI=1S/C62H117NO5/c1-3-5-7-9-11-13-15-17-18-19-21-25-28-32-36-40-44-48-52-56-62(67)68-57-53-49-45-41-37-33-29-26-23-20-22-24-27-31-35-39-43-47-51-55-61(66)63-59(58-64)60(65)54-50-46-42-38-34-30-16-14-12-10-8-6-4-2/h11,13,17-18,50,54,59-60,64-65H,3-10,12,14-16,19-49,51-53,55-58H2,1-2H3,(H,63,66)/b13-11-,18-17-,54-50+. The molecule has 3 N–H and O–H groups in total. The van der Waals surface area contributed by atoms with Crippen LogP contribution in [0.5, 0.6) is 0 Å². The zero-order valence-corrected chi connectivity index (χ0v) is 45.6. The maximum atomic E-state index is 12.4. The van der Waals surface area contributed by atoms with Gasteiger partial charge in [-0.05, 0) is 64.2 Å². The van der Waals surface area contributed by atoms with Crippen LogP contribution >= 0.6 is 0 Å². The molecular weight excluding hydrogens is 839 g/mol. The molecule has 6 nitrogen and oxygen atoms in total. The number of rotatable bonds is 56. The fourth-order valence-corrected chi connectivity index (χ4v) is 9.25. The molecule has 2 unspecified atom stereocenters. The van der Waals surface area contributed by atoms with Crippen molar-refractivity contribution in [3.8, 4) is 0 Å². The van der Waals surface area contributed by atoms with Crippen molar-refractivity contribution in [2.24, 2.45) is 0 Å². The lowest BCUT2D eigenvalue weighted by molar-refractivity contribution is -0.143. The fraction of sp³-hybridized carbons (Fsp3) is 0.871. The van der Waals surface area contributed by atoms with Crippen molar-refractivity contribution in [2.75, 3.05) is 13.2 Å². The topological polar surface area (TPSA) is 95.9 Å². The molecule has 0 aliphatic rings. The summed E-state index contributed by atoms with van der Waals surface area (Å²) >= 11 is 0. The molecule has 400 valence electrons. The molecule has 0 heterocycles. The lowest BCUT2D eigenvalue weighted by atomic mass is 10.0. The van der Waals surface area contributed by atoms with Crippen molar-refractivity contribution in [2.45, 2.75) is 334 Å². The first kappa shape index (κ1) is 66.1. The van der Waals surface area contributed by atoms with Gasteiger partial charge in [-0.15, -0.1) is 0 Å². The SMILES string of the molecule is CCCCC/C=C\C/C=C\CCCCCCCCCCCC(=O)OCCCCCCCCCCCCCCCCCCCCCC(=O)NC(CO)C(O)/C=C/CCCCCCCCCCCCC. The van der Waals surface area contributed by atoms with Crippen LogP contribution in [-0.2, 0) is 14.3 Å². The Bertz CT molecular complexity index is 1100. The number of aliphatic hydroxyl groups excluding tert-OH is 2. The second kappa shape index (κ2) is 57.7. The Balaban J connectivity index is 3.40. The van der Waals surface area contributed by atoms with E-state index in [4.69, 9.17) is 4.74 Å². The van der Waals surface area contributed by atoms with Gasteiger partial charge in [-0.25, -0.2) is 0 Å². The Hall–Kier alpha value is -1.92. The molecule has 0 bridgehead atoms. The number of carbonyl (C=O) groups excluding carboxylic acids is 2. The van der Waals surface area contributed by atoms with Gasteiger partial charge in [0.1, 0.15) is 0 Å². The van der Waals surface area contributed by atoms with Crippen molar-refractivity contribution < 1.29 is 24.5 Å². The first-order valence-electron chi connectivity index (χ1n) is 30.3. The van der Waals surface area contributed by atoms with Crippen LogP contribution < -0.4 is 5.32 Å². The molecule has 0 aromatic carbocycles. The van der Waals surface area contributed by atoms with Gasteiger partial charge >= 0.3 is 5.97 Å². The number of nitrogens with one attached hydrogen (secondary N) is 1. The van der Waals surface area contributed by atoms with E-state index in [0.717, 1.165) is 51.4 Å². The zero-order valence-electron chi connectivity index (χ0n) is 45.6. The van der Waals surface area contributed by atoms with E-state index in [0.29, 0.717) is 19.4 Å². The van der Waals surface area contributed by atoms with Crippen molar-refractivity contribution in [3.05, 3.63) is 36.5 Å². The van der Waals surface area contributed by atoms with Crippen molar-refractivity contribution in [3.63, 3.8) is 0 Å². The molecule has 0 saturated heterocycles. The quantitative estimate of drug-likeness (QED) is 0.0321. The van der Waals surface area contributed by atoms with Crippen LogP contribution in [0, 0.1) is 0 Å². The van der Waals surface area contributed by atoms with Gasteiger partial charge in [0.2, 0.25) is 5.91 Å². The molecule has 1 amide bonds. The molecule has 0 rings (SSSR count). The number of aliphatic hydroxyl groups is 2. The molecule has 0 aromatic rings. The Morgan fingerprint density at radius 2 is 0.735 bits per heavy atom. The molecule has 68 heavy (non-hydrogen) atoms. The van der Waals surface area contributed by atoms with Gasteiger partial charge in [-0.3, -0.25) is 9.59 Å². The van der Waals surface area contributed by atoms with E-state index in [1.807, 2.05) is 6.08 Å². The predicted molar refractivity (Wildman–Crippen MR) is 296 cm³/mol. The third kappa shape index (κ3) is 53.4. The van der Waals surface area contributed by atoms with E-state index in [2.05, 4.69) is 43.5 Å². The van der Waals surface area contributed by atoms with E-state index in [1.165, 1.54) is 244 Å². The van der Waals surface area contributed by atoms with E-state index < -0.39 is 12.1 Å². The van der Waals surface area contributed by atoms with Gasteiger partial charge in [-0.1, -0.05) is 281 Å². The minimum absolute atomic E-state index is 0.00447. The first-order valence-corrected chi connectivity index (χ1v) is 30.3. The summed E-state index contributed by atoms with van der Waals surface area (Å²) in [5.74, 6) is -0.0663. The smallest absolute Gasteiger partial charge is 0.305 e. The van der Waals surface area contributed by atoms with Crippen LogP contribution in [0.15, 0.2) is 36.5 Å². The third-order valence-electron chi connectivity index (χ3n) is 13.9. The van der Waals surface area contributed by atoms with Crippen molar-refractivity contribution in [1.29, 1.82) is 0 Å². The Kier molecular flexibility index (Phi) is 56.0. The minimum Gasteiger partial charge on any atom is -0.466 e. The second-order valence-corrected chi connectivity index (χ2v) is 20.7. The number of hydrogen-bond acceptors (Lipinski definition) is 5. The van der Waals surface area contributed by atoms with Crippen LogP contribution in [0.4, 0.5) is 0 Å². The first-order chi connectivity index (χ1) is 33.5. The largest absolute Gasteiger partial charge is 0.466 e. The monoisotopic (exact) mass is 956 g/mol. The average Bonchev–Trinajstić information content (AvgIpc) is 3.34. The molecule has 0 radical (unpaired) electrons. The highest BCUT2D eigenvalue weighted by Crippen LogP contribution is 2.17. The highest BCUT2D eigenvalue weighted by atomic mass is 16.5. The van der Waals surface area contributed by atoms with Crippen LogP contribution in [-0.4, -0.2) is 47.4 Å². The number of carbonyl (C=O) groups is 2. The molecule has 0 aliphatic carbocycles. The minimum atomic E-state index is -0.846. The molecule has 0 aliphatic heterocycles. The summed E-state index contributed by atoms with van der Waals surface area (Å²) in [5, 5.41) is 23.1. The summed E-state index contributed by atoms with van der Waals surface area (Å²) in [6, 6.07) is -0.630. The van der Waals surface area contributed by atoms with E-state index >= 15 is 0 Å². The average molecular weight is 957 g/mol. The van der Waals surface area contributed by atoms with Gasteiger partial charge < -0.3 is 20.3 Å². The highest BCUT2D eigenvalue weighted by Gasteiger charge is 2.18. The number of allylic oxidation sites excluding steroid dienone is 5. The fourth-order valence-electron chi connectivity index (χ4n) is 9.25. The lowest BCUT2D eigenvalue weighted by Gasteiger charge is -2.20. The van der Waals surface area contributed by atoms with E-state index in [1.54, 1.807) is 6.08 Å². The van der Waals surface area contributed by atoms with E-state index in [9.17, 15) is 19.8 Å². The molecule has 0 spiro atoms. The number of amides is 1. The number of hydrogen-bond donors (Lipinski definition) is 3. The molecule has 2 atom stereocenters. The third-order valence-corrected chi connectivity index (χ3v) is 13.9. The maximum absolute atomic E-state index is 12.4. The Morgan fingerprint density at radius 3 is 1.15 bits per heavy atom. The lowest BCUT2D eigenvalue weighted by Crippen LogP contribution is -2.45. The van der Waals surface area contributed by atoms with Gasteiger partial charge in [0, 0.05) is 12.8 Å². The summed E-state index contributed by atoms with van der Waals surface area (Å²) in [6.45, 7) is 4.88. The van der Waals surface area contributed by atoms with Crippen LogP contribution in [0.2, 0.25) is 0 Å². The van der Waals surface area contributed by atoms with Crippen molar-refractivity contribution >= 4 is 11.9 Å². The Morgan fingerprint density at radius 1 is 0.412 bits per heavy atom. The van der Waals surface area contributed by atoms with Gasteiger partial charge in [-0.2, -0.15) is 0 Å².